The topological polar surface area (TPSA) is 84.3 Å². The number of hydrogen-bond acceptors (Lipinski definition) is 4. The van der Waals surface area contributed by atoms with Gasteiger partial charge in [-0.2, -0.15) is 0 Å². The Morgan fingerprint density at radius 3 is 2.89 bits per heavy atom. The quantitative estimate of drug-likeness (QED) is 0.644. The Morgan fingerprint density at radius 2 is 2.33 bits per heavy atom. The van der Waals surface area contributed by atoms with Gasteiger partial charge < -0.3 is 0 Å². The number of nitrogens with zero attached hydrogens (tertiary/aromatic N) is 1. The normalized spacial score (nSPS) is 27.7. The molecule has 0 unspecified atom stereocenters. The molecule has 1 saturated heterocycles. The number of nitrogens with one attached hydrogen (secondary N) is 1. The summed E-state index contributed by atoms with van der Waals surface area (Å²) in [6.07, 6.45) is 1.41. The summed E-state index contributed by atoms with van der Waals surface area (Å²) < 4.78 is 7.81. The van der Waals surface area contributed by atoms with E-state index in [1.54, 1.807) is 6.20 Å². The summed E-state index contributed by atoms with van der Waals surface area (Å²) >= 11 is 0.203. The molecule has 1 aromatic rings. The van der Waals surface area contributed by atoms with Gasteiger partial charge in [-0.3, -0.25) is 0 Å². The summed E-state index contributed by atoms with van der Waals surface area (Å²) in [6.45, 7) is 1.93. The molecule has 2 N–H and O–H groups in total. The van der Waals surface area contributed by atoms with Gasteiger partial charge in [0.25, 0.3) is 0 Å². The monoisotopic (exact) mass is 462 g/mol. The van der Waals surface area contributed by atoms with E-state index in [-0.39, 0.29) is 59.2 Å². The van der Waals surface area contributed by atoms with Crippen LogP contribution in [0, 0.1) is 47.5 Å². The van der Waals surface area contributed by atoms with Crippen molar-refractivity contribution in [2.75, 3.05) is 0 Å². The van der Waals surface area contributed by atoms with E-state index in [0.717, 1.165) is 0.741 Å². The Labute approximate surface area is 137 Å². The van der Waals surface area contributed by atoms with Crippen LogP contribution in [0.3, 0.4) is 0 Å². The minimum absolute atomic E-state index is 0.203. The molecule has 0 amide bonds. The van der Waals surface area contributed by atoms with Crippen molar-refractivity contribution in [3.8, 4) is 0 Å². The molecule has 1 fully saturated rings. The van der Waals surface area contributed by atoms with Crippen LogP contribution < -0.4 is 11.2 Å². The third-order valence-corrected chi connectivity index (χ3v) is 6.47. The fourth-order valence-electron chi connectivity index (χ4n) is 2.25. The van der Waals surface area contributed by atoms with Gasteiger partial charge in [-0.15, -0.1) is 0 Å². The number of ether oxygens (including phenoxy) is 1. The zero-order valence-corrected chi connectivity index (χ0v) is 18.8. The third kappa shape index (κ3) is 2.86. The van der Waals surface area contributed by atoms with Crippen LogP contribution in [0.1, 0.15) is 31.6 Å². The van der Waals surface area contributed by atoms with E-state index in [1.165, 1.54) is 4.57 Å². The fraction of sp³-hybridized carbons (Fsp3) is 0.636. The molecule has 1 aliphatic rings. The average Bonchev–Trinajstić information content (AvgIpc) is 2.70. The van der Waals surface area contributed by atoms with Crippen LogP contribution in [0.4, 0.5) is 0 Å². The van der Waals surface area contributed by atoms with Gasteiger partial charge in [0.1, 0.15) is 0 Å². The second-order valence-electron chi connectivity index (χ2n) is 4.51. The standard InChI is InChI=1S/C11H15N2O4.Fr/c1-3-8-7(14)4-9(17-8)13-5-6(2)10(15)12-11(13)16;/h5,7-9,14H,2-4H2,1H3,(H,12,15,16);/t7-,8-,9-;/m1./s1. The second-order valence-corrected chi connectivity index (χ2v) is 7.42. The van der Waals surface area contributed by atoms with Crippen molar-refractivity contribution in [3.05, 3.63) is 32.6 Å². The van der Waals surface area contributed by atoms with Gasteiger partial charge in [-0.25, -0.2) is 0 Å². The number of H-pyrrole nitrogens is 1. The fourth-order valence-corrected chi connectivity index (χ4v) is 4.32. The number of aromatic amines is 1. The van der Waals surface area contributed by atoms with Crippen molar-refractivity contribution in [1.29, 1.82) is 0 Å². The van der Waals surface area contributed by atoms with Crippen molar-refractivity contribution in [2.24, 2.45) is 0 Å². The van der Waals surface area contributed by atoms with E-state index >= 15 is 0 Å². The Kier molecular flexibility index (Phi) is 4.95. The van der Waals surface area contributed by atoms with Gasteiger partial charge in [0, 0.05) is 0 Å². The van der Waals surface area contributed by atoms with Crippen LogP contribution in [0.2, 0.25) is 0 Å². The predicted octanol–water partition coefficient (Wildman–Crippen LogP) is -0.356. The van der Waals surface area contributed by atoms with E-state index in [4.69, 9.17) is 4.74 Å². The summed E-state index contributed by atoms with van der Waals surface area (Å²) in [5.41, 5.74) is -0.132. The number of aliphatic hydroxyl groups is 1. The second kappa shape index (κ2) is 6.10. The van der Waals surface area contributed by atoms with E-state index in [2.05, 4.69) is 4.98 Å². The predicted molar refractivity (Wildman–Crippen MR) is 59.9 cm³/mol. The average molecular weight is 462 g/mol. The molecule has 0 radical (unpaired) electrons. The molecule has 7 heteroatoms. The van der Waals surface area contributed by atoms with Gasteiger partial charge in [0.05, 0.1) is 0 Å². The van der Waals surface area contributed by atoms with Crippen molar-refractivity contribution in [1.82, 2.24) is 9.55 Å². The molecule has 2 rings (SSSR count). The van der Waals surface area contributed by atoms with Crippen LogP contribution in [-0.2, 0) is 5.48 Å². The molecule has 2 heterocycles. The summed E-state index contributed by atoms with van der Waals surface area (Å²) in [5.74, 6) is 0. The van der Waals surface area contributed by atoms with Crippen LogP contribution >= 0.6 is 0 Å². The van der Waals surface area contributed by atoms with Crippen molar-refractivity contribution >= 4 is 0 Å². The van der Waals surface area contributed by atoms with Gasteiger partial charge in [-0.05, 0) is 0 Å². The van der Waals surface area contributed by atoms with Crippen LogP contribution in [0.5, 0.6) is 0 Å². The van der Waals surface area contributed by atoms with E-state index in [9.17, 15) is 14.7 Å². The van der Waals surface area contributed by atoms with Crippen molar-refractivity contribution < 1.29 is 57.3 Å². The molecule has 0 saturated carbocycles. The maximum absolute atomic E-state index is 11.8. The Hall–Kier alpha value is 0.197. The Bertz CT molecular complexity index is 539. The van der Waals surface area contributed by atoms with Gasteiger partial charge in [0.2, 0.25) is 0 Å². The van der Waals surface area contributed by atoms with Gasteiger partial charge in [0.15, 0.2) is 0 Å². The molecule has 1 aromatic heterocycles. The molecule has 0 aliphatic carbocycles. The van der Waals surface area contributed by atoms with E-state index in [1.807, 2.05) is 6.92 Å². The molecule has 0 aromatic carbocycles. The first-order valence-electron chi connectivity index (χ1n) is 6.24. The van der Waals surface area contributed by atoms with E-state index in [0.29, 0.717) is 18.4 Å². The number of aromatic nitrogens is 2. The molecular weight excluding hydrogens is 447 g/mol. The third-order valence-electron chi connectivity index (χ3n) is 3.34. The first-order valence-corrected chi connectivity index (χ1v) is 12.1. The Morgan fingerprint density at radius 1 is 1.61 bits per heavy atom. The van der Waals surface area contributed by atoms with Crippen molar-refractivity contribution in [2.45, 2.75) is 38.9 Å². The molecule has 18 heavy (non-hydrogen) atoms. The molecule has 1 aliphatic heterocycles. The van der Waals surface area contributed by atoms with Gasteiger partial charge >= 0.3 is 138 Å². The molecular formula is C11H15FrN2O4. The molecule has 0 bridgehead atoms. The maximum atomic E-state index is 11.8. The molecule has 3 atom stereocenters. The number of rotatable bonds is 3. The SMILES string of the molecule is CC[C@H]1O[C@@H](n2cc([CH2][Fr])c(=O)[nH]c2=O)C[C@H]1O. The van der Waals surface area contributed by atoms with Crippen LogP contribution in [0.25, 0.3) is 0 Å². The van der Waals surface area contributed by atoms with E-state index < -0.39 is 18.0 Å². The Balaban J connectivity index is 2.35. The number of aliphatic hydroxyl groups excluding tert-OH is 1. The first kappa shape index (κ1) is 14.6. The number of hydrogen-bond donors (Lipinski definition) is 2. The summed E-state index contributed by atoms with van der Waals surface area (Å²) in [6, 6.07) is 0. The first-order chi connectivity index (χ1) is 8.56. The van der Waals surface area contributed by atoms with Crippen LogP contribution in [0.15, 0.2) is 15.8 Å². The molecule has 6 nitrogen and oxygen atoms in total. The minimum atomic E-state index is -0.551. The van der Waals surface area contributed by atoms with Crippen LogP contribution in [-0.4, -0.2) is 26.9 Å². The summed E-state index contributed by atoms with van der Waals surface area (Å²) in [7, 11) is 0. The molecule has 0 spiro atoms. The zero-order valence-electron chi connectivity index (χ0n) is 10.5. The zero-order chi connectivity index (χ0) is 13.3. The van der Waals surface area contributed by atoms with Gasteiger partial charge in [-0.1, -0.05) is 0 Å². The summed E-state index contributed by atoms with van der Waals surface area (Å²) in [5, 5.41) is 9.79. The summed E-state index contributed by atoms with van der Waals surface area (Å²) in [4.78, 5) is 25.6. The van der Waals surface area contributed by atoms with Crippen molar-refractivity contribution in [3.63, 3.8) is 0 Å². The molecule has 94 valence electrons.